The van der Waals surface area contributed by atoms with E-state index >= 15 is 0 Å². The van der Waals surface area contributed by atoms with Gasteiger partial charge in [-0.15, -0.1) is 11.3 Å². The Morgan fingerprint density at radius 2 is 1.72 bits per heavy atom. The van der Waals surface area contributed by atoms with E-state index in [0.717, 1.165) is 11.0 Å². The van der Waals surface area contributed by atoms with Gasteiger partial charge in [0.15, 0.2) is 0 Å². The molecule has 8 heteroatoms. The number of para-hydroxylation sites is 1. The summed E-state index contributed by atoms with van der Waals surface area (Å²) in [5, 5.41) is 2.20. The number of nitrogens with zero attached hydrogens (tertiary/aromatic N) is 2. The third-order valence-corrected chi connectivity index (χ3v) is 5.55. The van der Waals surface area contributed by atoms with Crippen molar-refractivity contribution in [3.63, 3.8) is 0 Å². The Hall–Kier alpha value is -3.52. The van der Waals surface area contributed by atoms with Gasteiger partial charge in [-0.2, -0.15) is 0 Å². The first-order valence-electron chi connectivity index (χ1n) is 9.82. The minimum atomic E-state index is -0.911. The number of hydrogen-bond donors (Lipinski definition) is 0. The number of thiophene rings is 1. The molecule has 0 aliphatic rings. The van der Waals surface area contributed by atoms with Crippen LogP contribution in [0, 0.1) is 11.6 Å². The Morgan fingerprint density at radius 1 is 1.00 bits per heavy atom. The highest BCUT2D eigenvalue weighted by Gasteiger charge is 2.29. The van der Waals surface area contributed by atoms with Crippen LogP contribution in [0.3, 0.4) is 0 Å². The highest BCUT2D eigenvalue weighted by molar-refractivity contribution is 7.17. The van der Waals surface area contributed by atoms with Gasteiger partial charge in [-0.05, 0) is 51.1 Å². The van der Waals surface area contributed by atoms with Crippen LogP contribution >= 0.6 is 11.3 Å². The predicted octanol–water partition coefficient (Wildman–Crippen LogP) is 6.40. The molecule has 0 fully saturated rings. The summed E-state index contributed by atoms with van der Waals surface area (Å²) in [6.07, 6.45) is -0.819. The van der Waals surface area contributed by atoms with Crippen molar-refractivity contribution in [1.82, 2.24) is 4.57 Å². The number of aromatic nitrogens is 1. The maximum atomic E-state index is 14.8. The monoisotopic (exact) mass is 454 g/mol. The van der Waals surface area contributed by atoms with Crippen molar-refractivity contribution < 1.29 is 18.3 Å². The minimum absolute atomic E-state index is 0.155. The van der Waals surface area contributed by atoms with Gasteiger partial charge in [-0.3, -0.25) is 9.36 Å². The highest BCUT2D eigenvalue weighted by Crippen LogP contribution is 2.39. The highest BCUT2D eigenvalue weighted by atomic mass is 32.1. The number of carbonyl (C=O) groups excluding carboxylic acids is 1. The summed E-state index contributed by atoms with van der Waals surface area (Å²) in [7, 11) is 0. The Bertz CT molecular complexity index is 1360. The van der Waals surface area contributed by atoms with Crippen molar-refractivity contribution >= 4 is 39.0 Å². The number of carbonyl (C=O) groups is 1. The standard InChI is InChI=1S/C24H20F2N2O3S/c1-24(2,3)31-23(30)28(19-11-9-15(25)13-18(19)26)20-14-32-22-17(20)10-12-21(29)27(22)16-7-5-4-6-8-16/h4-14H,1-3H3. The first-order chi connectivity index (χ1) is 15.2. The first kappa shape index (κ1) is 21.7. The smallest absolute Gasteiger partial charge is 0.419 e. The van der Waals surface area contributed by atoms with Crippen LogP contribution in [0.5, 0.6) is 0 Å². The molecule has 5 nitrogen and oxygen atoms in total. The minimum Gasteiger partial charge on any atom is -0.443 e. The van der Waals surface area contributed by atoms with Gasteiger partial charge in [0.25, 0.3) is 5.56 Å². The number of halogens is 2. The number of fused-ring (bicyclic) bond motifs is 1. The molecular weight excluding hydrogens is 434 g/mol. The molecule has 1 amide bonds. The molecule has 0 aliphatic carbocycles. The van der Waals surface area contributed by atoms with Gasteiger partial charge in [0.05, 0.1) is 17.1 Å². The lowest BCUT2D eigenvalue weighted by Crippen LogP contribution is -2.34. The van der Waals surface area contributed by atoms with E-state index in [1.165, 1.54) is 28.0 Å². The van der Waals surface area contributed by atoms with Crippen LogP contribution in [0.15, 0.2) is 70.8 Å². The molecule has 2 aromatic heterocycles. The Morgan fingerprint density at radius 3 is 2.38 bits per heavy atom. The van der Waals surface area contributed by atoms with Gasteiger partial charge in [-0.25, -0.2) is 18.5 Å². The van der Waals surface area contributed by atoms with Crippen LogP contribution in [0.2, 0.25) is 0 Å². The normalized spacial score (nSPS) is 11.5. The fourth-order valence-electron chi connectivity index (χ4n) is 3.30. The van der Waals surface area contributed by atoms with Gasteiger partial charge in [0, 0.05) is 22.9 Å². The van der Waals surface area contributed by atoms with Gasteiger partial charge in [0.2, 0.25) is 0 Å². The summed E-state index contributed by atoms with van der Waals surface area (Å²) in [5.74, 6) is -1.67. The number of amides is 1. The van der Waals surface area contributed by atoms with Crippen molar-refractivity contribution in [2.75, 3.05) is 4.90 Å². The van der Waals surface area contributed by atoms with Crippen LogP contribution in [-0.4, -0.2) is 16.3 Å². The number of benzene rings is 2. The second kappa shape index (κ2) is 8.20. The molecule has 32 heavy (non-hydrogen) atoms. The quantitative estimate of drug-likeness (QED) is 0.360. The van der Waals surface area contributed by atoms with Crippen LogP contribution < -0.4 is 10.5 Å². The summed E-state index contributed by atoms with van der Waals surface area (Å²) >= 11 is 1.23. The largest absolute Gasteiger partial charge is 0.443 e. The molecule has 0 spiro atoms. The van der Waals surface area contributed by atoms with E-state index < -0.39 is 23.3 Å². The zero-order valence-electron chi connectivity index (χ0n) is 17.6. The number of ether oxygens (including phenoxy) is 1. The predicted molar refractivity (Wildman–Crippen MR) is 122 cm³/mol. The lowest BCUT2D eigenvalue weighted by molar-refractivity contribution is 0.0598. The fourth-order valence-corrected chi connectivity index (χ4v) is 4.35. The second-order valence-corrected chi connectivity index (χ2v) is 8.95. The maximum absolute atomic E-state index is 14.8. The van der Waals surface area contributed by atoms with Crippen molar-refractivity contribution in [2.24, 2.45) is 0 Å². The molecule has 2 aromatic carbocycles. The van der Waals surface area contributed by atoms with E-state index in [0.29, 0.717) is 27.7 Å². The van der Waals surface area contributed by atoms with Crippen molar-refractivity contribution in [3.05, 3.63) is 88.0 Å². The molecule has 0 saturated heterocycles. The lowest BCUT2D eigenvalue weighted by atomic mass is 10.2. The molecule has 0 bridgehead atoms. The molecule has 0 saturated carbocycles. The molecular formula is C24H20F2N2O3S. The van der Waals surface area contributed by atoms with E-state index in [2.05, 4.69) is 0 Å². The molecule has 0 aliphatic heterocycles. The van der Waals surface area contributed by atoms with Crippen molar-refractivity contribution in [1.29, 1.82) is 0 Å². The molecule has 0 radical (unpaired) electrons. The summed E-state index contributed by atoms with van der Waals surface area (Å²) in [6.45, 7) is 5.09. The van der Waals surface area contributed by atoms with Crippen LogP contribution in [0.1, 0.15) is 20.8 Å². The van der Waals surface area contributed by atoms with Crippen LogP contribution in [-0.2, 0) is 4.74 Å². The molecule has 0 N–H and O–H groups in total. The van der Waals surface area contributed by atoms with Crippen molar-refractivity contribution in [2.45, 2.75) is 26.4 Å². The summed E-state index contributed by atoms with van der Waals surface area (Å²) in [6, 6.07) is 15.0. The average molecular weight is 454 g/mol. The Labute approximate surface area is 187 Å². The SMILES string of the molecule is CC(C)(C)OC(=O)N(c1ccc(F)cc1F)c1csc2c1ccc(=O)n2-c1ccccc1. The Kier molecular flexibility index (Phi) is 5.56. The first-order valence-corrected chi connectivity index (χ1v) is 10.7. The van der Waals surface area contributed by atoms with Gasteiger partial charge in [-0.1, -0.05) is 18.2 Å². The van der Waals surface area contributed by atoms with E-state index in [-0.39, 0.29) is 11.2 Å². The number of anilines is 2. The topological polar surface area (TPSA) is 51.5 Å². The van der Waals surface area contributed by atoms with Gasteiger partial charge in [0.1, 0.15) is 22.1 Å². The van der Waals surface area contributed by atoms with Gasteiger partial charge >= 0.3 is 6.09 Å². The summed E-state index contributed by atoms with van der Waals surface area (Å²) in [5.41, 5.74) is -0.251. The molecule has 0 atom stereocenters. The number of hydrogen-bond acceptors (Lipinski definition) is 4. The maximum Gasteiger partial charge on any atom is 0.419 e. The van der Waals surface area contributed by atoms with Gasteiger partial charge < -0.3 is 4.74 Å². The van der Waals surface area contributed by atoms with Crippen LogP contribution in [0.4, 0.5) is 25.0 Å². The Balaban J connectivity index is 1.95. The average Bonchev–Trinajstić information content (AvgIpc) is 3.12. The van der Waals surface area contributed by atoms with Crippen LogP contribution in [0.25, 0.3) is 15.9 Å². The van der Waals surface area contributed by atoms with E-state index in [4.69, 9.17) is 4.74 Å². The number of pyridine rings is 1. The van der Waals surface area contributed by atoms with E-state index in [9.17, 15) is 18.4 Å². The summed E-state index contributed by atoms with van der Waals surface area (Å²) < 4.78 is 35.3. The molecule has 4 aromatic rings. The zero-order chi connectivity index (χ0) is 23.0. The van der Waals surface area contributed by atoms with E-state index in [1.807, 2.05) is 18.2 Å². The van der Waals surface area contributed by atoms with Crippen molar-refractivity contribution in [3.8, 4) is 5.69 Å². The molecule has 4 rings (SSSR count). The number of rotatable bonds is 3. The molecule has 0 unspecified atom stereocenters. The lowest BCUT2D eigenvalue weighted by Gasteiger charge is -2.27. The van der Waals surface area contributed by atoms with E-state index in [1.54, 1.807) is 44.4 Å². The molecule has 2 heterocycles. The summed E-state index contributed by atoms with van der Waals surface area (Å²) in [4.78, 5) is 27.4. The molecule has 164 valence electrons. The third kappa shape index (κ3) is 4.13. The second-order valence-electron chi connectivity index (χ2n) is 8.09. The zero-order valence-corrected chi connectivity index (χ0v) is 18.5. The fraction of sp³-hybridized carbons (Fsp3) is 0.167. The third-order valence-electron chi connectivity index (χ3n) is 4.59.